The van der Waals surface area contributed by atoms with E-state index in [1.807, 2.05) is 17.9 Å². The van der Waals surface area contributed by atoms with E-state index in [0.29, 0.717) is 6.04 Å². The Kier molecular flexibility index (Phi) is 2.97. The molecule has 90 valence electrons. The van der Waals surface area contributed by atoms with E-state index in [2.05, 4.69) is 40.4 Å². The molecule has 0 saturated carbocycles. The first kappa shape index (κ1) is 11.0. The van der Waals surface area contributed by atoms with Crippen LogP contribution in [0.5, 0.6) is 0 Å². The van der Waals surface area contributed by atoms with Gasteiger partial charge in [-0.2, -0.15) is 16.9 Å². The van der Waals surface area contributed by atoms with Crippen molar-refractivity contribution in [3.63, 3.8) is 0 Å². The molecular weight excluding hydrogens is 230 g/mol. The Morgan fingerprint density at radius 2 is 2.18 bits per heavy atom. The quantitative estimate of drug-likeness (QED) is 0.885. The molecule has 1 saturated heterocycles. The molecule has 0 aliphatic carbocycles. The number of aryl methyl sites for hydroxylation is 1. The van der Waals surface area contributed by atoms with Crippen molar-refractivity contribution in [3.05, 3.63) is 24.4 Å². The first-order valence-electron chi connectivity index (χ1n) is 6.09. The lowest BCUT2D eigenvalue weighted by atomic mass is 10.1. The summed E-state index contributed by atoms with van der Waals surface area (Å²) in [7, 11) is 1.98. The van der Waals surface area contributed by atoms with Gasteiger partial charge in [-0.05, 0) is 42.5 Å². The van der Waals surface area contributed by atoms with Crippen LogP contribution in [0.25, 0.3) is 10.9 Å². The number of nitrogens with zero attached hydrogens (tertiary/aromatic N) is 2. The fourth-order valence-electron chi connectivity index (χ4n) is 2.33. The van der Waals surface area contributed by atoms with Crippen LogP contribution < -0.4 is 5.32 Å². The maximum Gasteiger partial charge on any atom is 0.0680 e. The van der Waals surface area contributed by atoms with Gasteiger partial charge in [0.2, 0.25) is 0 Å². The largest absolute Gasteiger partial charge is 0.382 e. The molecule has 3 nitrogen and oxygen atoms in total. The van der Waals surface area contributed by atoms with Gasteiger partial charge >= 0.3 is 0 Å². The van der Waals surface area contributed by atoms with Gasteiger partial charge in [-0.25, -0.2) is 0 Å². The smallest absolute Gasteiger partial charge is 0.0680 e. The number of benzene rings is 1. The van der Waals surface area contributed by atoms with Gasteiger partial charge in [-0.1, -0.05) is 0 Å². The lowest BCUT2D eigenvalue weighted by Crippen LogP contribution is -2.24. The SMILES string of the molecule is Cn1ncc2cc(NC3CCSCC3)ccc21. The second-order valence-electron chi connectivity index (χ2n) is 4.57. The molecule has 0 atom stereocenters. The summed E-state index contributed by atoms with van der Waals surface area (Å²) < 4.78 is 1.91. The number of hydrogen-bond donors (Lipinski definition) is 1. The molecule has 1 fully saturated rings. The first-order chi connectivity index (χ1) is 8.33. The summed E-state index contributed by atoms with van der Waals surface area (Å²) in [4.78, 5) is 0. The van der Waals surface area contributed by atoms with E-state index >= 15 is 0 Å². The predicted molar refractivity (Wildman–Crippen MR) is 74.7 cm³/mol. The normalized spacial score (nSPS) is 17.5. The summed E-state index contributed by atoms with van der Waals surface area (Å²) in [6.45, 7) is 0. The first-order valence-corrected chi connectivity index (χ1v) is 7.24. The number of hydrogen-bond acceptors (Lipinski definition) is 3. The van der Waals surface area contributed by atoms with Gasteiger partial charge in [0.1, 0.15) is 0 Å². The number of fused-ring (bicyclic) bond motifs is 1. The number of nitrogens with one attached hydrogen (secondary N) is 1. The summed E-state index contributed by atoms with van der Waals surface area (Å²) >= 11 is 2.06. The van der Waals surface area contributed by atoms with Crippen LogP contribution >= 0.6 is 11.8 Å². The Bertz CT molecular complexity index is 514. The van der Waals surface area contributed by atoms with Crippen LogP contribution in [0.4, 0.5) is 5.69 Å². The van der Waals surface area contributed by atoms with Gasteiger partial charge < -0.3 is 5.32 Å². The summed E-state index contributed by atoms with van der Waals surface area (Å²) in [5.74, 6) is 2.57. The van der Waals surface area contributed by atoms with Gasteiger partial charge in [-0.15, -0.1) is 0 Å². The second kappa shape index (κ2) is 4.61. The van der Waals surface area contributed by atoms with E-state index in [-0.39, 0.29) is 0 Å². The summed E-state index contributed by atoms with van der Waals surface area (Å²) in [6.07, 6.45) is 4.47. The highest BCUT2D eigenvalue weighted by molar-refractivity contribution is 7.99. The molecule has 1 aliphatic heterocycles. The third-order valence-corrected chi connectivity index (χ3v) is 4.39. The highest BCUT2D eigenvalue weighted by Crippen LogP contribution is 2.23. The number of rotatable bonds is 2. The fraction of sp³-hybridized carbons (Fsp3) is 0.462. The van der Waals surface area contributed by atoms with Gasteiger partial charge in [0.05, 0.1) is 11.7 Å². The minimum absolute atomic E-state index is 0.644. The Morgan fingerprint density at radius 1 is 1.35 bits per heavy atom. The van der Waals surface area contributed by atoms with E-state index in [0.717, 1.165) is 0 Å². The van der Waals surface area contributed by atoms with Crippen molar-refractivity contribution in [2.45, 2.75) is 18.9 Å². The number of thioether (sulfide) groups is 1. The molecule has 4 heteroatoms. The van der Waals surface area contributed by atoms with Crippen molar-refractivity contribution in [1.82, 2.24) is 9.78 Å². The van der Waals surface area contributed by atoms with Crippen molar-refractivity contribution < 1.29 is 0 Å². The zero-order valence-corrected chi connectivity index (χ0v) is 10.8. The van der Waals surface area contributed by atoms with Crippen molar-refractivity contribution in [1.29, 1.82) is 0 Å². The monoisotopic (exact) mass is 247 g/mol. The molecule has 17 heavy (non-hydrogen) atoms. The van der Waals surface area contributed by atoms with Gasteiger partial charge in [0.15, 0.2) is 0 Å². The second-order valence-corrected chi connectivity index (χ2v) is 5.80. The summed E-state index contributed by atoms with van der Waals surface area (Å²) in [6, 6.07) is 7.14. The van der Waals surface area contributed by atoms with E-state index in [1.54, 1.807) is 0 Å². The van der Waals surface area contributed by atoms with Crippen LogP contribution in [-0.2, 0) is 7.05 Å². The molecule has 0 radical (unpaired) electrons. The van der Waals surface area contributed by atoms with Crippen molar-refractivity contribution >= 4 is 28.4 Å². The standard InChI is InChI=1S/C13H17N3S/c1-16-13-3-2-12(8-10(13)9-14-16)15-11-4-6-17-7-5-11/h2-3,8-9,11,15H,4-7H2,1H3. The van der Waals surface area contributed by atoms with Crippen LogP contribution in [-0.4, -0.2) is 27.3 Å². The molecule has 1 aromatic carbocycles. The highest BCUT2D eigenvalue weighted by atomic mass is 32.2. The number of anilines is 1. The van der Waals surface area contributed by atoms with Crippen LogP contribution in [0.15, 0.2) is 24.4 Å². The predicted octanol–water partition coefficient (Wildman–Crippen LogP) is 2.88. The summed E-state index contributed by atoms with van der Waals surface area (Å²) in [5, 5.41) is 9.11. The van der Waals surface area contributed by atoms with Crippen molar-refractivity contribution in [3.8, 4) is 0 Å². The third kappa shape index (κ3) is 2.27. The van der Waals surface area contributed by atoms with E-state index in [9.17, 15) is 0 Å². The lowest BCUT2D eigenvalue weighted by Gasteiger charge is -2.23. The molecule has 1 aliphatic rings. The highest BCUT2D eigenvalue weighted by Gasteiger charge is 2.13. The average Bonchev–Trinajstić information content (AvgIpc) is 2.72. The molecule has 1 N–H and O–H groups in total. The minimum atomic E-state index is 0.644. The van der Waals surface area contributed by atoms with Gasteiger partial charge in [0.25, 0.3) is 0 Å². The van der Waals surface area contributed by atoms with Crippen LogP contribution in [0.2, 0.25) is 0 Å². The molecule has 0 unspecified atom stereocenters. The maximum absolute atomic E-state index is 4.27. The average molecular weight is 247 g/mol. The molecular formula is C13H17N3S. The topological polar surface area (TPSA) is 29.9 Å². The van der Waals surface area contributed by atoms with Crippen LogP contribution in [0.3, 0.4) is 0 Å². The molecule has 0 bridgehead atoms. The Labute approximate surface area is 106 Å². The zero-order chi connectivity index (χ0) is 11.7. The van der Waals surface area contributed by atoms with E-state index in [1.165, 1.54) is 40.9 Å². The molecule has 0 spiro atoms. The molecule has 3 rings (SSSR count). The Morgan fingerprint density at radius 3 is 3.00 bits per heavy atom. The maximum atomic E-state index is 4.27. The van der Waals surface area contributed by atoms with E-state index < -0.39 is 0 Å². The van der Waals surface area contributed by atoms with Crippen LogP contribution in [0, 0.1) is 0 Å². The summed E-state index contributed by atoms with van der Waals surface area (Å²) in [5.41, 5.74) is 2.41. The van der Waals surface area contributed by atoms with Crippen LogP contribution in [0.1, 0.15) is 12.8 Å². The van der Waals surface area contributed by atoms with Gasteiger partial charge in [0, 0.05) is 24.2 Å². The molecule has 2 heterocycles. The number of aromatic nitrogens is 2. The zero-order valence-electron chi connectivity index (χ0n) is 10.0. The van der Waals surface area contributed by atoms with Crippen molar-refractivity contribution in [2.24, 2.45) is 7.05 Å². The molecule has 1 aromatic heterocycles. The fourth-order valence-corrected chi connectivity index (χ4v) is 3.44. The van der Waals surface area contributed by atoms with E-state index in [4.69, 9.17) is 0 Å². The molecule has 2 aromatic rings. The Balaban J connectivity index is 1.80. The molecule has 0 amide bonds. The Hall–Kier alpha value is -1.16. The third-order valence-electron chi connectivity index (χ3n) is 3.34. The van der Waals surface area contributed by atoms with Gasteiger partial charge in [-0.3, -0.25) is 4.68 Å². The van der Waals surface area contributed by atoms with Crippen molar-refractivity contribution in [2.75, 3.05) is 16.8 Å². The lowest BCUT2D eigenvalue weighted by molar-refractivity contribution is 0.667. The minimum Gasteiger partial charge on any atom is -0.382 e.